The van der Waals surface area contributed by atoms with Crippen LogP contribution in [-0.4, -0.2) is 9.97 Å². The Labute approximate surface area is 352 Å². The highest BCUT2D eigenvalue weighted by Gasteiger charge is 2.18. The van der Waals surface area contributed by atoms with Gasteiger partial charge in [-0.15, -0.1) is 0 Å². The van der Waals surface area contributed by atoms with E-state index in [0.717, 1.165) is 77.8 Å². The van der Waals surface area contributed by atoms with Crippen molar-refractivity contribution in [1.82, 2.24) is 9.97 Å². The minimum atomic E-state index is 0.667. The maximum absolute atomic E-state index is 6.34. The Bertz CT molecular complexity index is 3640. The second kappa shape index (κ2) is 14.3. The first-order valence-corrected chi connectivity index (χ1v) is 20.7. The van der Waals surface area contributed by atoms with Crippen molar-refractivity contribution in [2.45, 2.75) is 0 Å². The zero-order valence-corrected chi connectivity index (χ0v) is 33.1. The lowest BCUT2D eigenvalue weighted by atomic mass is 9.89. The van der Waals surface area contributed by atoms with Gasteiger partial charge in [0, 0.05) is 27.5 Å². The van der Waals surface area contributed by atoms with E-state index in [0.29, 0.717) is 5.82 Å². The van der Waals surface area contributed by atoms with E-state index in [9.17, 15) is 0 Å². The topological polar surface area (TPSA) is 38.9 Å². The van der Waals surface area contributed by atoms with Gasteiger partial charge in [0.25, 0.3) is 0 Å². The molecule has 0 aliphatic rings. The van der Waals surface area contributed by atoms with E-state index in [1.807, 2.05) is 12.1 Å². The van der Waals surface area contributed by atoms with Gasteiger partial charge in [0.15, 0.2) is 5.82 Å². The molecule has 0 atom stereocenters. The molecule has 0 unspecified atom stereocenters. The summed E-state index contributed by atoms with van der Waals surface area (Å²) in [6.45, 7) is 0. The van der Waals surface area contributed by atoms with Crippen LogP contribution in [0.2, 0.25) is 0 Å². The van der Waals surface area contributed by atoms with Crippen LogP contribution in [0.25, 0.3) is 122 Å². The van der Waals surface area contributed by atoms with E-state index in [1.54, 1.807) is 0 Å². The number of para-hydroxylation sites is 1. The SMILES string of the molecule is c1ccc(-c2cccc(-c3cc(-c4ccccc4-c4ccc5c(c4)oc4ccccc45)nc(-c4ccc(-c5c6ccccc6cc6c5ccc5ccccc56)cc4)n3)c2)cc1. The van der Waals surface area contributed by atoms with Crippen molar-refractivity contribution in [2.24, 2.45) is 0 Å². The molecule has 0 aliphatic heterocycles. The maximum Gasteiger partial charge on any atom is 0.160 e. The Kier molecular flexibility index (Phi) is 8.17. The largest absolute Gasteiger partial charge is 0.456 e. The van der Waals surface area contributed by atoms with Crippen LogP contribution in [0.1, 0.15) is 0 Å². The molecule has 3 heteroatoms. The second-order valence-electron chi connectivity index (χ2n) is 15.7. The molecule has 0 amide bonds. The first-order valence-electron chi connectivity index (χ1n) is 20.7. The molecule has 2 heterocycles. The molecule has 0 bridgehead atoms. The zero-order valence-electron chi connectivity index (χ0n) is 33.1. The lowest BCUT2D eigenvalue weighted by Crippen LogP contribution is -1.97. The number of rotatable bonds is 6. The number of furan rings is 1. The van der Waals surface area contributed by atoms with E-state index in [-0.39, 0.29) is 0 Å². The summed E-state index contributed by atoms with van der Waals surface area (Å²) in [4.78, 5) is 10.7. The van der Waals surface area contributed by atoms with Crippen molar-refractivity contribution in [2.75, 3.05) is 0 Å². The van der Waals surface area contributed by atoms with Crippen LogP contribution in [0.4, 0.5) is 0 Å². The van der Waals surface area contributed by atoms with Gasteiger partial charge in [-0.1, -0.05) is 182 Å². The van der Waals surface area contributed by atoms with Gasteiger partial charge in [0.05, 0.1) is 11.4 Å². The molecule has 2 aromatic heterocycles. The molecule has 0 saturated heterocycles. The lowest BCUT2D eigenvalue weighted by Gasteiger charge is -2.15. The van der Waals surface area contributed by atoms with Gasteiger partial charge in [-0.3, -0.25) is 0 Å². The number of benzene rings is 10. The molecule has 0 N–H and O–H groups in total. The first kappa shape index (κ1) is 34.9. The van der Waals surface area contributed by atoms with Crippen LogP contribution in [0.5, 0.6) is 0 Å². The molecule has 10 aromatic carbocycles. The molecule has 3 nitrogen and oxygen atoms in total. The van der Waals surface area contributed by atoms with E-state index < -0.39 is 0 Å². The van der Waals surface area contributed by atoms with Gasteiger partial charge in [-0.05, 0) is 102 Å². The number of aromatic nitrogens is 2. The van der Waals surface area contributed by atoms with Gasteiger partial charge in [-0.2, -0.15) is 0 Å². The third-order valence-electron chi connectivity index (χ3n) is 12.1. The summed E-state index contributed by atoms with van der Waals surface area (Å²) in [7, 11) is 0. The zero-order chi connectivity index (χ0) is 40.3. The highest BCUT2D eigenvalue weighted by atomic mass is 16.3. The van der Waals surface area contributed by atoms with E-state index in [4.69, 9.17) is 14.4 Å². The minimum absolute atomic E-state index is 0.667. The van der Waals surface area contributed by atoms with Crippen LogP contribution in [0.3, 0.4) is 0 Å². The van der Waals surface area contributed by atoms with E-state index >= 15 is 0 Å². The summed E-state index contributed by atoms with van der Waals surface area (Å²) in [6, 6.07) is 77.5. The maximum atomic E-state index is 6.34. The van der Waals surface area contributed by atoms with Crippen molar-refractivity contribution < 1.29 is 4.42 Å². The minimum Gasteiger partial charge on any atom is -0.456 e. The quantitative estimate of drug-likeness (QED) is 0.125. The molecule has 12 aromatic rings. The lowest BCUT2D eigenvalue weighted by molar-refractivity contribution is 0.669. The van der Waals surface area contributed by atoms with E-state index in [2.05, 4.69) is 206 Å². The van der Waals surface area contributed by atoms with Crippen molar-refractivity contribution in [3.63, 3.8) is 0 Å². The Morgan fingerprint density at radius 3 is 1.77 bits per heavy atom. The van der Waals surface area contributed by atoms with Crippen molar-refractivity contribution in [3.8, 4) is 67.3 Å². The molecule has 0 fully saturated rings. The Morgan fingerprint density at radius 2 is 0.902 bits per heavy atom. The summed E-state index contributed by atoms with van der Waals surface area (Å²) in [5.41, 5.74) is 13.3. The average Bonchev–Trinajstić information content (AvgIpc) is 3.71. The summed E-state index contributed by atoms with van der Waals surface area (Å²) >= 11 is 0. The van der Waals surface area contributed by atoms with Gasteiger partial charge in [0.2, 0.25) is 0 Å². The summed E-state index contributed by atoms with van der Waals surface area (Å²) in [5, 5.41) is 9.68. The molecule has 0 spiro atoms. The molecule has 284 valence electrons. The standard InChI is InChI=1S/C58H36N2O/c1-2-13-37(14-3-1)41-17-12-18-44(33-41)53-36-54(48-22-9-8-20-46(48)43-30-31-50-49-23-10-11-24-55(49)61-56(50)35-43)60-58(59-53)40-27-25-39(26-28-40)57-47-21-7-5-16-42(47)34-52-45-19-6-4-15-38(45)29-32-51(52)57/h1-36H. The fourth-order valence-corrected chi connectivity index (χ4v) is 9.12. The fraction of sp³-hybridized carbons (Fsp3) is 0. The smallest absolute Gasteiger partial charge is 0.160 e. The van der Waals surface area contributed by atoms with Crippen molar-refractivity contribution in [1.29, 1.82) is 0 Å². The van der Waals surface area contributed by atoms with Crippen LogP contribution in [0, 0.1) is 0 Å². The van der Waals surface area contributed by atoms with Crippen molar-refractivity contribution >= 4 is 54.3 Å². The number of fused-ring (bicyclic) bond motifs is 7. The van der Waals surface area contributed by atoms with Gasteiger partial charge >= 0.3 is 0 Å². The molecule has 0 saturated carbocycles. The van der Waals surface area contributed by atoms with Crippen LogP contribution in [0.15, 0.2) is 223 Å². The Hall–Kier alpha value is -8.14. The van der Waals surface area contributed by atoms with Crippen molar-refractivity contribution in [3.05, 3.63) is 218 Å². The van der Waals surface area contributed by atoms with Gasteiger partial charge in [0.1, 0.15) is 11.2 Å². The fourth-order valence-electron chi connectivity index (χ4n) is 9.12. The van der Waals surface area contributed by atoms with E-state index in [1.165, 1.54) is 37.9 Å². The Balaban J connectivity index is 1.02. The third kappa shape index (κ3) is 6.06. The normalized spacial score (nSPS) is 11.6. The average molecular weight is 777 g/mol. The number of hydrogen-bond donors (Lipinski definition) is 0. The summed E-state index contributed by atoms with van der Waals surface area (Å²) in [5.74, 6) is 0.667. The van der Waals surface area contributed by atoms with Crippen LogP contribution < -0.4 is 0 Å². The van der Waals surface area contributed by atoms with Gasteiger partial charge < -0.3 is 4.42 Å². The highest BCUT2D eigenvalue weighted by Crippen LogP contribution is 2.41. The van der Waals surface area contributed by atoms with Crippen LogP contribution >= 0.6 is 0 Å². The molecule has 12 rings (SSSR count). The molecule has 0 aliphatic carbocycles. The molecular weight excluding hydrogens is 741 g/mol. The molecule has 61 heavy (non-hydrogen) atoms. The highest BCUT2D eigenvalue weighted by molar-refractivity contribution is 6.20. The summed E-state index contributed by atoms with van der Waals surface area (Å²) < 4.78 is 6.34. The molecule has 0 radical (unpaired) electrons. The predicted octanol–water partition coefficient (Wildman–Crippen LogP) is 15.8. The van der Waals surface area contributed by atoms with Crippen LogP contribution in [-0.2, 0) is 0 Å². The first-order chi connectivity index (χ1) is 30.2. The number of nitrogens with zero attached hydrogens (tertiary/aromatic N) is 2. The predicted molar refractivity (Wildman–Crippen MR) is 254 cm³/mol. The summed E-state index contributed by atoms with van der Waals surface area (Å²) in [6.07, 6.45) is 0. The second-order valence-corrected chi connectivity index (χ2v) is 15.7. The Morgan fingerprint density at radius 1 is 0.279 bits per heavy atom. The third-order valence-corrected chi connectivity index (χ3v) is 12.1. The molecular formula is C58H36N2O. The number of hydrogen-bond acceptors (Lipinski definition) is 3. The monoisotopic (exact) mass is 776 g/mol. The van der Waals surface area contributed by atoms with Gasteiger partial charge in [-0.25, -0.2) is 9.97 Å².